The number of hydrogen-bond acceptors (Lipinski definition) is 7. The Hall–Kier alpha value is -1.39. The van der Waals surface area contributed by atoms with Crippen LogP contribution in [0, 0.1) is 0 Å². The molecule has 0 saturated heterocycles. The van der Waals surface area contributed by atoms with Gasteiger partial charge in [-0.15, -0.1) is 26.6 Å². The number of aromatic amines is 1. The summed E-state index contributed by atoms with van der Waals surface area (Å²) in [6.45, 7) is 2.65. The maximum atomic E-state index is 11.6. The SMILES string of the molecule is CCCn1c(SCc2nnc(-c3ccc(Br)s3)o2)n[nH]c1=O. The van der Waals surface area contributed by atoms with E-state index in [-0.39, 0.29) is 5.69 Å². The van der Waals surface area contributed by atoms with Crippen LogP contribution >= 0.6 is 39.0 Å². The lowest BCUT2D eigenvalue weighted by atomic mass is 10.5. The third-order valence-corrected chi connectivity index (χ3v) is 5.32. The van der Waals surface area contributed by atoms with Crippen molar-refractivity contribution in [2.24, 2.45) is 0 Å². The molecule has 0 fully saturated rings. The second kappa shape index (κ2) is 6.80. The van der Waals surface area contributed by atoms with Crippen molar-refractivity contribution in [3.8, 4) is 10.8 Å². The van der Waals surface area contributed by atoms with Gasteiger partial charge in [0.25, 0.3) is 5.89 Å². The molecule has 22 heavy (non-hydrogen) atoms. The number of hydrogen-bond donors (Lipinski definition) is 1. The lowest BCUT2D eigenvalue weighted by Crippen LogP contribution is -2.17. The van der Waals surface area contributed by atoms with Crippen LogP contribution in [0.25, 0.3) is 10.8 Å². The van der Waals surface area contributed by atoms with Crippen molar-refractivity contribution in [3.05, 3.63) is 32.3 Å². The molecule has 0 bridgehead atoms. The summed E-state index contributed by atoms with van der Waals surface area (Å²) in [4.78, 5) is 12.5. The van der Waals surface area contributed by atoms with E-state index in [1.807, 2.05) is 19.1 Å². The second-order valence-electron chi connectivity index (χ2n) is 4.36. The quantitative estimate of drug-likeness (QED) is 0.638. The number of nitrogens with zero attached hydrogens (tertiary/aromatic N) is 4. The molecule has 0 atom stereocenters. The Balaban J connectivity index is 1.70. The summed E-state index contributed by atoms with van der Waals surface area (Å²) in [6, 6.07) is 3.86. The van der Waals surface area contributed by atoms with E-state index in [0.29, 0.717) is 29.2 Å². The van der Waals surface area contributed by atoms with Crippen LogP contribution in [0.3, 0.4) is 0 Å². The molecule has 0 aliphatic carbocycles. The maximum absolute atomic E-state index is 11.6. The number of H-pyrrole nitrogens is 1. The first-order valence-electron chi connectivity index (χ1n) is 6.53. The van der Waals surface area contributed by atoms with Crippen LogP contribution in [0.15, 0.2) is 30.3 Å². The summed E-state index contributed by atoms with van der Waals surface area (Å²) in [6.07, 6.45) is 0.866. The van der Waals surface area contributed by atoms with Gasteiger partial charge in [0.15, 0.2) is 5.16 Å². The summed E-state index contributed by atoms with van der Waals surface area (Å²) < 4.78 is 8.25. The molecule has 1 N–H and O–H groups in total. The van der Waals surface area contributed by atoms with Gasteiger partial charge in [-0.2, -0.15) is 0 Å². The van der Waals surface area contributed by atoms with Crippen molar-refractivity contribution < 1.29 is 4.42 Å². The van der Waals surface area contributed by atoms with E-state index in [1.165, 1.54) is 23.1 Å². The predicted molar refractivity (Wildman–Crippen MR) is 88.0 cm³/mol. The summed E-state index contributed by atoms with van der Waals surface area (Å²) in [5, 5.41) is 15.2. The van der Waals surface area contributed by atoms with E-state index in [0.717, 1.165) is 15.1 Å². The zero-order valence-corrected chi connectivity index (χ0v) is 14.8. The molecule has 0 spiro atoms. The number of halogens is 1. The lowest BCUT2D eigenvalue weighted by Gasteiger charge is -2.01. The largest absolute Gasteiger partial charge is 0.419 e. The van der Waals surface area contributed by atoms with Gasteiger partial charge in [0.1, 0.15) is 0 Å². The van der Waals surface area contributed by atoms with E-state index >= 15 is 0 Å². The van der Waals surface area contributed by atoms with E-state index < -0.39 is 0 Å². The van der Waals surface area contributed by atoms with Crippen molar-refractivity contribution in [1.29, 1.82) is 0 Å². The van der Waals surface area contributed by atoms with Crippen molar-refractivity contribution in [2.45, 2.75) is 30.8 Å². The average Bonchev–Trinajstić information content (AvgIpc) is 3.20. The molecule has 10 heteroatoms. The van der Waals surface area contributed by atoms with Gasteiger partial charge in [-0.05, 0) is 34.5 Å². The zero-order chi connectivity index (χ0) is 15.5. The van der Waals surface area contributed by atoms with E-state index in [1.54, 1.807) is 4.57 Å². The van der Waals surface area contributed by atoms with Gasteiger partial charge >= 0.3 is 5.69 Å². The zero-order valence-electron chi connectivity index (χ0n) is 11.6. The van der Waals surface area contributed by atoms with Gasteiger partial charge in [-0.3, -0.25) is 4.57 Å². The molecule has 0 aliphatic rings. The van der Waals surface area contributed by atoms with Crippen LogP contribution < -0.4 is 5.69 Å². The number of thioether (sulfide) groups is 1. The molecule has 0 aliphatic heterocycles. The topological polar surface area (TPSA) is 89.6 Å². The number of thiophene rings is 1. The van der Waals surface area contributed by atoms with Crippen LogP contribution in [0.2, 0.25) is 0 Å². The molecule has 0 saturated carbocycles. The summed E-state index contributed by atoms with van der Waals surface area (Å²) in [5.41, 5.74) is -0.195. The van der Waals surface area contributed by atoms with Crippen LogP contribution in [0.5, 0.6) is 0 Å². The molecule has 0 aromatic carbocycles. The molecule has 0 amide bonds. The molecule has 0 radical (unpaired) electrons. The van der Waals surface area contributed by atoms with Gasteiger partial charge < -0.3 is 4.42 Å². The summed E-state index contributed by atoms with van der Waals surface area (Å²) in [5.74, 6) is 1.47. The van der Waals surface area contributed by atoms with Crippen LogP contribution in [-0.2, 0) is 12.3 Å². The van der Waals surface area contributed by atoms with Crippen molar-refractivity contribution in [1.82, 2.24) is 25.0 Å². The minimum atomic E-state index is -0.195. The van der Waals surface area contributed by atoms with Crippen LogP contribution in [0.1, 0.15) is 19.2 Å². The first-order valence-corrected chi connectivity index (χ1v) is 9.13. The highest BCUT2D eigenvalue weighted by Gasteiger charge is 2.13. The average molecular weight is 402 g/mol. The molecule has 3 aromatic heterocycles. The molecule has 3 rings (SSSR count). The first-order chi connectivity index (χ1) is 10.7. The molecule has 3 aromatic rings. The van der Waals surface area contributed by atoms with E-state index in [9.17, 15) is 4.79 Å². The van der Waals surface area contributed by atoms with Gasteiger partial charge in [0.05, 0.1) is 14.4 Å². The van der Waals surface area contributed by atoms with E-state index in [2.05, 4.69) is 36.3 Å². The maximum Gasteiger partial charge on any atom is 0.343 e. The third-order valence-electron chi connectivity index (χ3n) is 2.75. The predicted octanol–water partition coefficient (Wildman–Crippen LogP) is 3.15. The number of rotatable bonds is 6. The van der Waals surface area contributed by atoms with Gasteiger partial charge in [-0.1, -0.05) is 18.7 Å². The lowest BCUT2D eigenvalue weighted by molar-refractivity contribution is 0.529. The smallest absolute Gasteiger partial charge is 0.343 e. The number of aromatic nitrogens is 5. The summed E-state index contributed by atoms with van der Waals surface area (Å²) in [7, 11) is 0. The van der Waals surface area contributed by atoms with Crippen LogP contribution in [-0.4, -0.2) is 25.0 Å². The molecule has 116 valence electrons. The van der Waals surface area contributed by atoms with Crippen molar-refractivity contribution >= 4 is 39.0 Å². The van der Waals surface area contributed by atoms with Gasteiger partial charge in [0, 0.05) is 6.54 Å². The van der Waals surface area contributed by atoms with Gasteiger partial charge in [0.2, 0.25) is 5.89 Å². The Labute approximate surface area is 142 Å². The fourth-order valence-electron chi connectivity index (χ4n) is 1.80. The van der Waals surface area contributed by atoms with Crippen molar-refractivity contribution in [3.63, 3.8) is 0 Å². The van der Waals surface area contributed by atoms with Crippen molar-refractivity contribution in [2.75, 3.05) is 0 Å². The molecule has 0 unspecified atom stereocenters. The second-order valence-corrected chi connectivity index (χ2v) is 7.76. The summed E-state index contributed by atoms with van der Waals surface area (Å²) >= 11 is 6.33. The van der Waals surface area contributed by atoms with Gasteiger partial charge in [-0.25, -0.2) is 9.89 Å². The highest BCUT2D eigenvalue weighted by Crippen LogP contribution is 2.31. The number of nitrogens with one attached hydrogen (secondary N) is 1. The highest BCUT2D eigenvalue weighted by molar-refractivity contribution is 9.11. The Bertz CT molecular complexity index is 821. The monoisotopic (exact) mass is 401 g/mol. The Kier molecular flexibility index (Phi) is 4.79. The minimum Gasteiger partial charge on any atom is -0.419 e. The standard InChI is InChI=1S/C12H12BrN5O2S2/c1-2-5-18-11(19)16-17-12(18)21-6-9-14-15-10(20-9)7-3-4-8(13)22-7/h3-4H,2,5-6H2,1H3,(H,16,19). The molecular weight excluding hydrogens is 390 g/mol. The first kappa shape index (κ1) is 15.5. The normalized spacial score (nSPS) is 11.2. The highest BCUT2D eigenvalue weighted by atomic mass is 79.9. The fourth-order valence-corrected chi connectivity index (χ4v) is 3.92. The third kappa shape index (κ3) is 3.33. The van der Waals surface area contributed by atoms with Crippen LogP contribution in [0.4, 0.5) is 0 Å². The fraction of sp³-hybridized carbons (Fsp3) is 0.333. The van der Waals surface area contributed by atoms with E-state index in [4.69, 9.17) is 4.42 Å². The Morgan fingerprint density at radius 1 is 1.45 bits per heavy atom. The molecular formula is C12H12BrN5O2S2. The Morgan fingerprint density at radius 2 is 2.32 bits per heavy atom. The minimum absolute atomic E-state index is 0.195. The molecule has 3 heterocycles. The Morgan fingerprint density at radius 3 is 3.05 bits per heavy atom. The molecule has 7 nitrogen and oxygen atoms in total.